The highest BCUT2D eigenvalue weighted by Gasteiger charge is 2.21. The minimum absolute atomic E-state index is 0.177. The maximum atomic E-state index is 11.8. The van der Waals surface area contributed by atoms with Crippen LogP contribution in [0.4, 0.5) is 4.79 Å². The molecule has 1 aliphatic rings. The number of carbonyl (C=O) groups excluding carboxylic acids is 2. The van der Waals surface area contributed by atoms with Gasteiger partial charge in [0, 0.05) is 51.6 Å². The van der Waals surface area contributed by atoms with Gasteiger partial charge in [-0.15, -0.1) is 11.6 Å². The summed E-state index contributed by atoms with van der Waals surface area (Å²) >= 11 is 5.45. The Hall–Kier alpha value is -0.850. The van der Waals surface area contributed by atoms with Gasteiger partial charge in [0.05, 0.1) is 0 Å². The first kappa shape index (κ1) is 16.2. The van der Waals surface area contributed by atoms with Crippen LogP contribution in [0.1, 0.15) is 6.42 Å². The number of rotatable bonds is 5. The fraction of sp³-hybridized carbons (Fsp3) is 0.833. The summed E-state index contributed by atoms with van der Waals surface area (Å²) < 4.78 is 0. The second-order valence-electron chi connectivity index (χ2n) is 4.92. The van der Waals surface area contributed by atoms with E-state index in [1.54, 1.807) is 4.90 Å². The molecule has 0 atom stereocenters. The number of imide groups is 1. The number of likely N-dealkylation sites (N-methyl/N-ethyl adjacent to an activating group) is 1. The third kappa shape index (κ3) is 6.22. The molecule has 6 nitrogen and oxygen atoms in total. The van der Waals surface area contributed by atoms with Crippen LogP contribution in [0.2, 0.25) is 0 Å². The molecule has 1 saturated heterocycles. The maximum Gasteiger partial charge on any atom is 0.324 e. The largest absolute Gasteiger partial charge is 0.324 e. The molecule has 0 aliphatic carbocycles. The fourth-order valence-electron chi connectivity index (χ4n) is 1.86. The summed E-state index contributed by atoms with van der Waals surface area (Å²) in [6, 6.07) is -0.303. The molecule has 0 aromatic carbocycles. The van der Waals surface area contributed by atoms with Gasteiger partial charge < -0.3 is 9.80 Å². The predicted molar refractivity (Wildman–Crippen MR) is 75.4 cm³/mol. The molecule has 1 heterocycles. The Labute approximate surface area is 119 Å². The van der Waals surface area contributed by atoms with Crippen LogP contribution in [0.3, 0.4) is 0 Å². The minimum Gasteiger partial charge on any atom is -0.322 e. The Balaban J connectivity index is 2.25. The predicted octanol–water partition coefficient (Wildman–Crippen LogP) is 0.0307. The first-order valence-corrected chi connectivity index (χ1v) is 7.08. The summed E-state index contributed by atoms with van der Waals surface area (Å²) in [6.45, 7) is 5.05. The van der Waals surface area contributed by atoms with E-state index in [-0.39, 0.29) is 24.2 Å². The van der Waals surface area contributed by atoms with Crippen molar-refractivity contribution in [3.05, 3.63) is 0 Å². The van der Waals surface area contributed by atoms with Gasteiger partial charge in [-0.1, -0.05) is 0 Å². The van der Waals surface area contributed by atoms with Gasteiger partial charge in [0.2, 0.25) is 5.91 Å². The van der Waals surface area contributed by atoms with Crippen LogP contribution in [0, 0.1) is 0 Å². The van der Waals surface area contributed by atoms with E-state index < -0.39 is 0 Å². The van der Waals surface area contributed by atoms with E-state index in [2.05, 4.69) is 15.1 Å². The molecular weight excluding hydrogens is 268 g/mol. The lowest BCUT2D eigenvalue weighted by atomic mass is 10.3. The number of hydrogen-bond acceptors (Lipinski definition) is 4. The van der Waals surface area contributed by atoms with Crippen molar-refractivity contribution in [2.24, 2.45) is 0 Å². The van der Waals surface area contributed by atoms with E-state index in [1.165, 1.54) is 0 Å². The minimum atomic E-state index is -0.310. The lowest BCUT2D eigenvalue weighted by Crippen LogP contribution is -2.53. The number of urea groups is 1. The van der Waals surface area contributed by atoms with Gasteiger partial charge in [-0.25, -0.2) is 4.79 Å². The van der Waals surface area contributed by atoms with E-state index in [9.17, 15) is 9.59 Å². The van der Waals surface area contributed by atoms with Crippen LogP contribution in [-0.2, 0) is 4.79 Å². The number of nitrogens with one attached hydrogen (secondary N) is 1. The van der Waals surface area contributed by atoms with E-state index in [1.807, 2.05) is 14.1 Å². The Bertz CT molecular complexity index is 304. The molecule has 3 amide bonds. The molecule has 0 radical (unpaired) electrons. The van der Waals surface area contributed by atoms with Gasteiger partial charge in [-0.3, -0.25) is 15.0 Å². The van der Waals surface area contributed by atoms with Gasteiger partial charge >= 0.3 is 6.03 Å². The van der Waals surface area contributed by atoms with Crippen LogP contribution in [0.25, 0.3) is 0 Å². The number of halogens is 1. The normalized spacial score (nSPS) is 16.7. The molecule has 1 rings (SSSR count). The monoisotopic (exact) mass is 290 g/mol. The topological polar surface area (TPSA) is 55.9 Å². The summed E-state index contributed by atoms with van der Waals surface area (Å²) in [4.78, 5) is 29.2. The van der Waals surface area contributed by atoms with Crippen molar-refractivity contribution in [2.75, 3.05) is 59.2 Å². The molecule has 19 heavy (non-hydrogen) atoms. The Morgan fingerprint density at radius 2 is 1.84 bits per heavy atom. The summed E-state index contributed by atoms with van der Waals surface area (Å²) in [5, 5.41) is 2.35. The van der Waals surface area contributed by atoms with Crippen molar-refractivity contribution in [3.8, 4) is 0 Å². The van der Waals surface area contributed by atoms with Gasteiger partial charge in [0.25, 0.3) is 0 Å². The highest BCUT2D eigenvalue weighted by atomic mass is 35.5. The van der Waals surface area contributed by atoms with E-state index >= 15 is 0 Å². The van der Waals surface area contributed by atoms with Gasteiger partial charge in [-0.05, 0) is 14.1 Å². The second-order valence-corrected chi connectivity index (χ2v) is 5.30. The number of alkyl halides is 1. The smallest absolute Gasteiger partial charge is 0.322 e. The highest BCUT2D eigenvalue weighted by molar-refractivity contribution is 6.19. The van der Waals surface area contributed by atoms with Crippen molar-refractivity contribution in [1.29, 1.82) is 0 Å². The number of hydrogen-bond donors (Lipinski definition) is 1. The van der Waals surface area contributed by atoms with E-state index in [0.717, 1.165) is 26.2 Å². The molecule has 0 aromatic heterocycles. The van der Waals surface area contributed by atoms with Crippen LogP contribution in [0.15, 0.2) is 0 Å². The molecule has 0 spiro atoms. The molecule has 1 N–H and O–H groups in total. The molecule has 110 valence electrons. The zero-order valence-electron chi connectivity index (χ0n) is 11.7. The number of nitrogens with zero attached hydrogens (tertiary/aromatic N) is 3. The quantitative estimate of drug-likeness (QED) is 0.726. The average molecular weight is 291 g/mol. The van der Waals surface area contributed by atoms with Crippen molar-refractivity contribution < 1.29 is 9.59 Å². The molecule has 0 unspecified atom stereocenters. The zero-order chi connectivity index (χ0) is 14.3. The molecule has 0 aromatic rings. The number of piperazine rings is 1. The highest BCUT2D eigenvalue weighted by Crippen LogP contribution is 2.02. The van der Waals surface area contributed by atoms with Crippen molar-refractivity contribution in [1.82, 2.24) is 20.0 Å². The van der Waals surface area contributed by atoms with Gasteiger partial charge in [-0.2, -0.15) is 0 Å². The Morgan fingerprint density at radius 1 is 1.21 bits per heavy atom. The van der Waals surface area contributed by atoms with Crippen LogP contribution in [0.5, 0.6) is 0 Å². The van der Waals surface area contributed by atoms with Crippen LogP contribution in [-0.4, -0.2) is 85.9 Å². The van der Waals surface area contributed by atoms with E-state index in [0.29, 0.717) is 13.1 Å². The maximum absolute atomic E-state index is 11.8. The lowest BCUT2D eigenvalue weighted by molar-refractivity contribution is -0.119. The Morgan fingerprint density at radius 3 is 2.37 bits per heavy atom. The average Bonchev–Trinajstić information content (AvgIpc) is 2.37. The summed E-state index contributed by atoms with van der Waals surface area (Å²) in [6.07, 6.45) is 0.177. The third-order valence-electron chi connectivity index (χ3n) is 3.09. The first-order chi connectivity index (χ1) is 9.02. The molecule has 7 heteroatoms. The molecule has 1 fully saturated rings. The SMILES string of the molecule is CN(C)CCN1CCN(C(=O)NC(=O)CCCl)CC1. The van der Waals surface area contributed by atoms with Crippen molar-refractivity contribution in [2.45, 2.75) is 6.42 Å². The van der Waals surface area contributed by atoms with Crippen LogP contribution < -0.4 is 5.32 Å². The lowest BCUT2D eigenvalue weighted by Gasteiger charge is -2.34. The third-order valence-corrected chi connectivity index (χ3v) is 3.28. The summed E-state index contributed by atoms with van der Waals surface area (Å²) in [5.41, 5.74) is 0. The van der Waals surface area contributed by atoms with Crippen molar-refractivity contribution in [3.63, 3.8) is 0 Å². The first-order valence-electron chi connectivity index (χ1n) is 6.54. The molecule has 1 aliphatic heterocycles. The van der Waals surface area contributed by atoms with Crippen molar-refractivity contribution >= 4 is 23.5 Å². The zero-order valence-corrected chi connectivity index (χ0v) is 12.4. The van der Waals surface area contributed by atoms with E-state index in [4.69, 9.17) is 11.6 Å². The fourth-order valence-corrected chi connectivity index (χ4v) is 2.03. The number of carbonyl (C=O) groups is 2. The number of amides is 3. The standard InChI is InChI=1S/C12H23ClN4O2/c1-15(2)5-6-16-7-9-17(10-8-16)12(19)14-11(18)3-4-13/h3-10H2,1-2H3,(H,14,18,19). The molecule has 0 bridgehead atoms. The van der Waals surface area contributed by atoms with Crippen LogP contribution >= 0.6 is 11.6 Å². The summed E-state index contributed by atoms with van der Waals surface area (Å²) in [7, 11) is 4.10. The Kier molecular flexibility index (Phi) is 7.12. The molecular formula is C12H23ClN4O2. The molecule has 0 saturated carbocycles. The van der Waals surface area contributed by atoms with Gasteiger partial charge in [0.15, 0.2) is 0 Å². The second kappa shape index (κ2) is 8.35. The summed E-state index contributed by atoms with van der Waals surface area (Å²) in [5.74, 6) is -0.0766. The van der Waals surface area contributed by atoms with Gasteiger partial charge in [0.1, 0.15) is 0 Å².